The number of halogens is 3. The number of carbonyl (C=O) groups is 1. The zero-order valence-corrected chi connectivity index (χ0v) is 17.4. The van der Waals surface area contributed by atoms with Gasteiger partial charge in [-0.1, -0.05) is 56.1 Å². The second-order valence-electron chi connectivity index (χ2n) is 6.57. The Morgan fingerprint density at radius 3 is 2.35 bits per heavy atom. The van der Waals surface area contributed by atoms with Gasteiger partial charge in [0, 0.05) is 11.3 Å². The Morgan fingerprint density at radius 2 is 1.87 bits per heavy atom. The van der Waals surface area contributed by atoms with Crippen LogP contribution in [-0.4, -0.2) is 25.2 Å². The van der Waals surface area contributed by atoms with Crippen molar-refractivity contribution in [2.75, 3.05) is 11.2 Å². The van der Waals surface area contributed by atoms with Gasteiger partial charge in [-0.25, -0.2) is 0 Å². The predicted octanol–water partition coefficient (Wildman–Crippen LogP) is 5.10. The third-order valence-electron chi connectivity index (χ3n) is 3.24. The maximum atomic E-state index is 12.2. The van der Waals surface area contributed by atoms with Crippen LogP contribution >= 0.6 is 34.8 Å². The monoisotopic (exact) mass is 394 g/mol. The summed E-state index contributed by atoms with van der Waals surface area (Å²) in [6.07, 6.45) is 0. The third-order valence-corrected chi connectivity index (χ3v) is 5.24. The molecule has 0 heterocycles. The molecule has 0 fully saturated rings. The summed E-state index contributed by atoms with van der Waals surface area (Å²) in [5.74, 6) is -0.731. The van der Waals surface area contributed by atoms with Gasteiger partial charge in [0.25, 0.3) is 5.91 Å². The first-order valence-corrected chi connectivity index (χ1v) is 11.0. The maximum Gasteiger partial charge on any atom is 0.262 e. The Labute approximate surface area is 155 Å². The lowest BCUT2D eigenvalue weighted by Gasteiger charge is -2.26. The average molecular weight is 396 g/mol. The highest BCUT2D eigenvalue weighted by Gasteiger charge is 2.33. The minimum absolute atomic E-state index is 0.0840. The first-order chi connectivity index (χ1) is 10.5. The quantitative estimate of drug-likeness (QED) is 0.537. The number of alkyl halides is 3. The molecule has 129 valence electrons. The summed E-state index contributed by atoms with van der Waals surface area (Å²) in [5.41, 5.74) is 2.62. The third kappa shape index (κ3) is 5.95. The van der Waals surface area contributed by atoms with Crippen LogP contribution in [0.3, 0.4) is 0 Å². The second-order valence-corrected chi connectivity index (χ2v) is 10.4. The van der Waals surface area contributed by atoms with Crippen molar-refractivity contribution >= 4 is 55.4 Å². The summed E-state index contributed by atoms with van der Waals surface area (Å²) in [5, 5.41) is 2.78. The molecule has 1 amide bonds. The molecule has 0 saturated carbocycles. The minimum Gasteiger partial charge on any atom is -0.413 e. The van der Waals surface area contributed by atoms with Crippen LogP contribution in [0.1, 0.15) is 31.9 Å². The number of hydrogen-bond acceptors (Lipinski definition) is 2. The number of benzene rings is 1. The number of rotatable bonds is 6. The van der Waals surface area contributed by atoms with Crippen molar-refractivity contribution in [3.05, 3.63) is 29.3 Å². The Bertz CT molecular complexity index is 557. The first kappa shape index (κ1) is 20.8. The fourth-order valence-corrected chi connectivity index (χ4v) is 2.70. The first-order valence-electron chi connectivity index (χ1n) is 7.29. The highest BCUT2D eigenvalue weighted by Crippen LogP contribution is 2.33. The summed E-state index contributed by atoms with van der Waals surface area (Å²) in [4.78, 5) is 12.2. The van der Waals surface area contributed by atoms with Gasteiger partial charge >= 0.3 is 0 Å². The van der Waals surface area contributed by atoms with E-state index >= 15 is 0 Å². The maximum absolute atomic E-state index is 12.2. The van der Waals surface area contributed by atoms with E-state index in [0.717, 1.165) is 11.1 Å². The van der Waals surface area contributed by atoms with Gasteiger partial charge in [-0.2, -0.15) is 0 Å². The van der Waals surface area contributed by atoms with Crippen LogP contribution in [-0.2, 0) is 21.2 Å². The fourth-order valence-electron chi connectivity index (χ4n) is 2.05. The summed E-state index contributed by atoms with van der Waals surface area (Å²) >= 11 is 17.5. The van der Waals surface area contributed by atoms with Crippen molar-refractivity contribution in [3.8, 4) is 0 Å². The Hall–Kier alpha value is -0.263. The molecule has 0 atom stereocenters. The summed E-state index contributed by atoms with van der Waals surface area (Å²) in [6.45, 7) is 10.9. The molecule has 0 saturated heterocycles. The summed E-state index contributed by atoms with van der Waals surface area (Å²) in [6, 6.07) is 5.76. The van der Waals surface area contributed by atoms with E-state index in [2.05, 4.69) is 39.2 Å². The molecule has 23 heavy (non-hydrogen) atoms. The molecule has 1 rings (SSSR count). The van der Waals surface area contributed by atoms with Crippen molar-refractivity contribution in [1.82, 2.24) is 0 Å². The van der Waals surface area contributed by atoms with Gasteiger partial charge in [-0.15, -0.1) is 11.6 Å². The van der Waals surface area contributed by atoms with Gasteiger partial charge in [0.1, 0.15) is 0 Å². The molecule has 1 radical (unpaired) electrons. The van der Waals surface area contributed by atoms with Crippen LogP contribution in [0.5, 0.6) is 0 Å². The lowest BCUT2D eigenvalue weighted by atomic mass is 9.83. The Balaban J connectivity index is 3.23. The lowest BCUT2D eigenvalue weighted by Crippen LogP contribution is -2.34. The summed E-state index contributed by atoms with van der Waals surface area (Å²) in [7, 11) is -0.857. The van der Waals surface area contributed by atoms with Crippen molar-refractivity contribution in [2.45, 2.75) is 50.2 Å². The van der Waals surface area contributed by atoms with E-state index in [4.69, 9.17) is 39.2 Å². The molecule has 0 unspecified atom stereocenters. The lowest BCUT2D eigenvalue weighted by molar-refractivity contribution is -0.116. The Kier molecular flexibility index (Phi) is 7.42. The van der Waals surface area contributed by atoms with E-state index in [-0.39, 0.29) is 11.3 Å². The topological polar surface area (TPSA) is 38.3 Å². The van der Waals surface area contributed by atoms with Gasteiger partial charge in [0.2, 0.25) is 13.4 Å². The van der Waals surface area contributed by atoms with E-state index < -0.39 is 19.3 Å². The largest absolute Gasteiger partial charge is 0.413 e. The fraction of sp³-hybridized carbons (Fsp3) is 0.562. The zero-order valence-electron chi connectivity index (χ0n) is 14.1. The molecule has 1 aromatic carbocycles. The number of nitrogens with one attached hydrogen (secondary N) is 1. The molecule has 0 aliphatic rings. The van der Waals surface area contributed by atoms with E-state index in [9.17, 15) is 4.79 Å². The minimum atomic E-state index is -1.66. The molecule has 7 heteroatoms. The molecule has 0 aliphatic heterocycles. The van der Waals surface area contributed by atoms with Crippen molar-refractivity contribution in [3.63, 3.8) is 0 Å². The van der Waals surface area contributed by atoms with Crippen LogP contribution in [0.4, 0.5) is 5.69 Å². The van der Waals surface area contributed by atoms with Gasteiger partial charge in [-0.05, 0) is 30.1 Å². The van der Waals surface area contributed by atoms with Gasteiger partial charge in [0.05, 0.1) is 12.5 Å². The molecule has 0 bridgehead atoms. The number of hydrogen-bond donors (Lipinski definition) is 1. The van der Waals surface area contributed by atoms with Crippen LogP contribution in [0.25, 0.3) is 0 Å². The summed E-state index contributed by atoms with van der Waals surface area (Å²) < 4.78 is 4.19. The van der Waals surface area contributed by atoms with Crippen LogP contribution in [0.2, 0.25) is 13.1 Å². The van der Waals surface area contributed by atoms with E-state index in [1.54, 1.807) is 0 Å². The van der Waals surface area contributed by atoms with Gasteiger partial charge in [0.15, 0.2) is 0 Å². The average Bonchev–Trinajstić information content (AvgIpc) is 2.44. The van der Waals surface area contributed by atoms with Gasteiger partial charge < -0.3 is 9.74 Å². The van der Waals surface area contributed by atoms with Crippen LogP contribution < -0.4 is 5.32 Å². The van der Waals surface area contributed by atoms with E-state index in [1.807, 2.05) is 18.2 Å². The van der Waals surface area contributed by atoms with Crippen molar-refractivity contribution in [2.24, 2.45) is 0 Å². The SMILES string of the molecule is C[Si](C)OCc1c(NC(=O)C(Cl)(Cl)CCl)cccc1C(C)(C)C. The van der Waals surface area contributed by atoms with Crippen molar-refractivity contribution < 1.29 is 9.22 Å². The number of carbonyl (C=O) groups excluding carboxylic acids is 1. The molecular formula is C16H23Cl3NO2Si. The van der Waals surface area contributed by atoms with E-state index in [0.29, 0.717) is 12.3 Å². The molecule has 0 spiro atoms. The van der Waals surface area contributed by atoms with Gasteiger partial charge in [-0.3, -0.25) is 4.79 Å². The van der Waals surface area contributed by atoms with E-state index in [1.165, 1.54) is 0 Å². The molecule has 0 aromatic heterocycles. The molecule has 0 aliphatic carbocycles. The highest BCUT2D eigenvalue weighted by molar-refractivity contribution is 6.61. The molecule has 1 N–H and O–H groups in total. The molecular weight excluding hydrogens is 373 g/mol. The molecule has 3 nitrogen and oxygen atoms in total. The smallest absolute Gasteiger partial charge is 0.262 e. The Morgan fingerprint density at radius 1 is 1.26 bits per heavy atom. The normalized spacial score (nSPS) is 12.6. The van der Waals surface area contributed by atoms with Crippen molar-refractivity contribution in [1.29, 1.82) is 0 Å². The highest BCUT2D eigenvalue weighted by atomic mass is 35.5. The molecule has 1 aromatic rings. The predicted molar refractivity (Wildman–Crippen MR) is 101 cm³/mol. The second kappa shape index (κ2) is 8.21. The zero-order chi connectivity index (χ0) is 17.8. The van der Waals surface area contributed by atoms with Crippen LogP contribution in [0, 0.1) is 0 Å². The standard InChI is InChI=1S/C16H23Cl3NO2Si/c1-15(2,3)12-7-6-8-13(11(12)9-22-23(4)5)20-14(21)16(18,19)10-17/h6-8H,9-10H2,1-5H3,(H,20,21). The number of anilines is 1. The van der Waals surface area contributed by atoms with Crippen LogP contribution in [0.15, 0.2) is 18.2 Å². The number of amides is 1.